The van der Waals surface area contributed by atoms with Crippen LogP contribution in [-0.2, 0) is 14.3 Å². The number of ether oxygens (including phenoxy) is 1. The molecule has 0 spiro atoms. The van der Waals surface area contributed by atoms with Gasteiger partial charge in [-0.15, -0.1) is 0 Å². The van der Waals surface area contributed by atoms with Gasteiger partial charge in [0.1, 0.15) is 18.2 Å². The van der Waals surface area contributed by atoms with E-state index < -0.39 is 42.1 Å². The summed E-state index contributed by atoms with van der Waals surface area (Å²) in [4.78, 5) is 36.4. The summed E-state index contributed by atoms with van der Waals surface area (Å²) in [7, 11) is 0. The summed E-state index contributed by atoms with van der Waals surface area (Å²) in [5.41, 5.74) is 2.22. The van der Waals surface area contributed by atoms with Gasteiger partial charge in [-0.3, -0.25) is 4.79 Å². The molecule has 2 aromatic rings. The second kappa shape index (κ2) is 9.00. The van der Waals surface area contributed by atoms with Crippen molar-refractivity contribution in [2.24, 2.45) is 0 Å². The number of amides is 2. The van der Waals surface area contributed by atoms with Crippen molar-refractivity contribution in [3.8, 4) is 11.1 Å². The van der Waals surface area contributed by atoms with E-state index in [2.05, 4.69) is 5.32 Å². The van der Waals surface area contributed by atoms with Gasteiger partial charge in [-0.1, -0.05) is 48.5 Å². The highest BCUT2D eigenvalue weighted by molar-refractivity contribution is 5.92. The number of halogens is 3. The Kier molecular flexibility index (Phi) is 6.24. The van der Waals surface area contributed by atoms with Crippen LogP contribution in [0.3, 0.4) is 0 Å². The van der Waals surface area contributed by atoms with Gasteiger partial charge in [0.25, 0.3) is 0 Å². The smallest absolute Gasteiger partial charge is 0.407 e. The van der Waals surface area contributed by atoms with Crippen molar-refractivity contribution in [1.82, 2.24) is 10.6 Å². The number of nitrogens with one attached hydrogen (secondary N) is 2. The van der Waals surface area contributed by atoms with Crippen molar-refractivity contribution in [3.05, 3.63) is 59.7 Å². The van der Waals surface area contributed by atoms with Crippen LogP contribution in [0.15, 0.2) is 48.5 Å². The maximum Gasteiger partial charge on any atom is 0.407 e. The Labute approximate surface area is 193 Å². The maximum atomic E-state index is 13.1. The number of hydrogen-bond donors (Lipinski definition) is 3. The van der Waals surface area contributed by atoms with E-state index in [0.717, 1.165) is 22.3 Å². The first-order valence-electron chi connectivity index (χ1n) is 10.8. The van der Waals surface area contributed by atoms with Gasteiger partial charge in [-0.2, -0.15) is 13.2 Å². The van der Waals surface area contributed by atoms with Crippen LogP contribution in [0.1, 0.15) is 42.7 Å². The standard InChI is InChI=1S/C24H23F3N2O5/c25-24(26,27)12-19(20(30)29-23(21(31)32)10-5-11-23)28-22(33)34-13-18-16-8-3-1-6-14(16)15-7-2-4-9-17(15)18/h1-4,6-9,18-19H,5,10-13H2,(H,28,33)(H,29,30)(H,31,32). The number of carbonyl (C=O) groups is 3. The van der Waals surface area contributed by atoms with Crippen LogP contribution >= 0.6 is 0 Å². The first-order chi connectivity index (χ1) is 16.1. The monoisotopic (exact) mass is 476 g/mol. The number of hydrogen-bond acceptors (Lipinski definition) is 4. The molecule has 0 saturated heterocycles. The zero-order valence-corrected chi connectivity index (χ0v) is 18.0. The molecule has 7 nitrogen and oxygen atoms in total. The summed E-state index contributed by atoms with van der Waals surface area (Å²) in [6.45, 7) is -0.140. The number of fused-ring (bicyclic) bond motifs is 3. The highest BCUT2D eigenvalue weighted by Gasteiger charge is 2.48. The molecule has 2 aliphatic rings. The minimum Gasteiger partial charge on any atom is -0.480 e. The molecule has 0 radical (unpaired) electrons. The van der Waals surface area contributed by atoms with Gasteiger partial charge in [-0.25, -0.2) is 9.59 Å². The van der Waals surface area contributed by atoms with Crippen LogP contribution in [0, 0.1) is 0 Å². The molecule has 4 rings (SSSR count). The molecule has 1 unspecified atom stereocenters. The van der Waals surface area contributed by atoms with Crippen LogP contribution in [0.25, 0.3) is 11.1 Å². The third kappa shape index (κ3) is 4.71. The van der Waals surface area contributed by atoms with E-state index in [0.29, 0.717) is 6.42 Å². The maximum absolute atomic E-state index is 13.1. The highest BCUT2D eigenvalue weighted by atomic mass is 19.4. The lowest BCUT2D eigenvalue weighted by Gasteiger charge is -2.39. The fourth-order valence-corrected chi connectivity index (χ4v) is 4.47. The second-order valence-electron chi connectivity index (χ2n) is 8.57. The van der Waals surface area contributed by atoms with Crippen molar-refractivity contribution in [3.63, 3.8) is 0 Å². The van der Waals surface area contributed by atoms with Crippen molar-refractivity contribution < 1.29 is 37.4 Å². The predicted molar refractivity (Wildman–Crippen MR) is 115 cm³/mol. The lowest BCUT2D eigenvalue weighted by molar-refractivity contribution is -0.156. The minimum absolute atomic E-state index is 0.109. The number of alkyl halides is 3. The average molecular weight is 476 g/mol. The Morgan fingerprint density at radius 3 is 2.06 bits per heavy atom. The molecular weight excluding hydrogens is 453 g/mol. The van der Waals surface area contributed by atoms with Gasteiger partial charge in [0.05, 0.1) is 6.42 Å². The number of alkyl carbamates (subject to hydrolysis) is 1. The van der Waals surface area contributed by atoms with Crippen molar-refractivity contribution in [2.75, 3.05) is 6.61 Å². The van der Waals surface area contributed by atoms with E-state index in [4.69, 9.17) is 4.74 Å². The van der Waals surface area contributed by atoms with Crippen LogP contribution in [0.4, 0.5) is 18.0 Å². The Bertz CT molecular complexity index is 1070. The van der Waals surface area contributed by atoms with Gasteiger partial charge in [0, 0.05) is 5.92 Å². The minimum atomic E-state index is -4.77. The topological polar surface area (TPSA) is 105 Å². The zero-order chi connectivity index (χ0) is 24.5. The van der Waals surface area contributed by atoms with E-state index in [9.17, 15) is 32.7 Å². The van der Waals surface area contributed by atoms with Gasteiger partial charge in [-0.05, 0) is 41.5 Å². The van der Waals surface area contributed by atoms with Gasteiger partial charge < -0.3 is 20.5 Å². The summed E-state index contributed by atoms with van der Waals surface area (Å²) in [5.74, 6) is -2.84. The largest absolute Gasteiger partial charge is 0.480 e. The summed E-state index contributed by atoms with van der Waals surface area (Å²) >= 11 is 0. The Morgan fingerprint density at radius 2 is 1.59 bits per heavy atom. The molecule has 1 atom stereocenters. The molecule has 0 aromatic heterocycles. The van der Waals surface area contributed by atoms with Crippen molar-refractivity contribution in [2.45, 2.75) is 49.4 Å². The second-order valence-corrected chi connectivity index (χ2v) is 8.57. The van der Waals surface area contributed by atoms with Crippen molar-refractivity contribution in [1.29, 1.82) is 0 Å². The summed E-state index contributed by atoms with van der Waals surface area (Å²) in [6.07, 6.45) is -6.87. The summed E-state index contributed by atoms with van der Waals surface area (Å²) in [5, 5.41) is 13.5. The lowest BCUT2D eigenvalue weighted by atomic mass is 9.76. The van der Waals surface area contributed by atoms with Gasteiger partial charge in [0.15, 0.2) is 0 Å². The third-order valence-electron chi connectivity index (χ3n) is 6.37. The predicted octanol–water partition coefficient (Wildman–Crippen LogP) is 3.97. The molecule has 1 saturated carbocycles. The van der Waals surface area contributed by atoms with Crippen LogP contribution in [-0.4, -0.2) is 47.4 Å². The molecule has 0 bridgehead atoms. The zero-order valence-electron chi connectivity index (χ0n) is 18.0. The SMILES string of the molecule is O=C(NC(CC(F)(F)F)C(=O)NC1(C(=O)O)CCC1)OCC1c2ccccc2-c2ccccc21. The number of carboxylic acid groups (broad SMARTS) is 1. The molecule has 2 aliphatic carbocycles. The molecule has 1 fully saturated rings. The molecule has 0 aliphatic heterocycles. The van der Waals surface area contributed by atoms with Crippen molar-refractivity contribution >= 4 is 18.0 Å². The molecular formula is C24H23F3N2O5. The Balaban J connectivity index is 1.44. The van der Waals surface area contributed by atoms with E-state index in [1.807, 2.05) is 53.8 Å². The number of aliphatic carboxylic acids is 1. The molecule has 10 heteroatoms. The first-order valence-corrected chi connectivity index (χ1v) is 10.8. The normalized spacial score (nSPS) is 17.0. The molecule has 0 heterocycles. The quantitative estimate of drug-likeness (QED) is 0.561. The van der Waals surface area contributed by atoms with E-state index >= 15 is 0 Å². The third-order valence-corrected chi connectivity index (χ3v) is 6.37. The molecule has 180 valence electrons. The fraction of sp³-hybridized carbons (Fsp3) is 0.375. The Morgan fingerprint density at radius 1 is 1.03 bits per heavy atom. The first kappa shape index (κ1) is 23.6. The summed E-state index contributed by atoms with van der Waals surface area (Å²) < 4.78 is 44.5. The van der Waals surface area contributed by atoms with Crippen LogP contribution in [0.2, 0.25) is 0 Å². The number of rotatable bonds is 7. The van der Waals surface area contributed by atoms with E-state index in [-0.39, 0.29) is 25.4 Å². The van der Waals surface area contributed by atoms with E-state index in [1.165, 1.54) is 0 Å². The van der Waals surface area contributed by atoms with E-state index in [1.54, 1.807) is 0 Å². The van der Waals surface area contributed by atoms with Gasteiger partial charge in [0.2, 0.25) is 5.91 Å². The van der Waals surface area contributed by atoms with Gasteiger partial charge >= 0.3 is 18.2 Å². The molecule has 3 N–H and O–H groups in total. The number of carboxylic acids is 1. The molecule has 2 aromatic carbocycles. The highest BCUT2D eigenvalue weighted by Crippen LogP contribution is 2.44. The lowest BCUT2D eigenvalue weighted by Crippen LogP contribution is -2.63. The Hall–Kier alpha value is -3.56. The summed E-state index contributed by atoms with van der Waals surface area (Å²) in [6, 6.07) is 13.1. The molecule has 2 amide bonds. The fourth-order valence-electron chi connectivity index (χ4n) is 4.47. The van der Waals surface area contributed by atoms with Crippen LogP contribution < -0.4 is 10.6 Å². The molecule has 34 heavy (non-hydrogen) atoms. The number of carbonyl (C=O) groups excluding carboxylic acids is 2. The van der Waals surface area contributed by atoms with Crippen LogP contribution in [0.5, 0.6) is 0 Å². The number of benzene rings is 2. The average Bonchev–Trinajstić information content (AvgIpc) is 3.07.